The van der Waals surface area contributed by atoms with Gasteiger partial charge in [0.2, 0.25) is 0 Å². The molecule has 90 valence electrons. The van der Waals surface area contributed by atoms with Gasteiger partial charge in [0.05, 0.1) is 13.2 Å². The SMILES string of the molecule is NCC(N)COCc1ccc2ccccc2c1. The van der Waals surface area contributed by atoms with Crippen LogP contribution in [-0.4, -0.2) is 19.2 Å². The Kier molecular flexibility index (Phi) is 4.09. The molecular weight excluding hydrogens is 212 g/mol. The zero-order valence-corrected chi connectivity index (χ0v) is 9.80. The molecule has 0 aliphatic heterocycles. The van der Waals surface area contributed by atoms with E-state index in [9.17, 15) is 0 Å². The van der Waals surface area contributed by atoms with Gasteiger partial charge in [-0.1, -0.05) is 36.4 Å². The van der Waals surface area contributed by atoms with E-state index in [2.05, 4.69) is 30.3 Å². The molecule has 1 unspecified atom stereocenters. The first-order valence-corrected chi connectivity index (χ1v) is 5.80. The largest absolute Gasteiger partial charge is 0.375 e. The van der Waals surface area contributed by atoms with Gasteiger partial charge in [-0.25, -0.2) is 0 Å². The van der Waals surface area contributed by atoms with Crippen LogP contribution in [0.25, 0.3) is 10.8 Å². The molecule has 3 nitrogen and oxygen atoms in total. The third-order valence-electron chi connectivity index (χ3n) is 2.72. The highest BCUT2D eigenvalue weighted by atomic mass is 16.5. The van der Waals surface area contributed by atoms with Crippen LogP contribution in [0.5, 0.6) is 0 Å². The van der Waals surface area contributed by atoms with Crippen molar-refractivity contribution in [1.29, 1.82) is 0 Å². The van der Waals surface area contributed by atoms with E-state index >= 15 is 0 Å². The number of rotatable bonds is 5. The van der Waals surface area contributed by atoms with Crippen molar-refractivity contribution >= 4 is 10.8 Å². The van der Waals surface area contributed by atoms with Crippen molar-refractivity contribution < 1.29 is 4.74 Å². The average molecular weight is 230 g/mol. The Labute approximate surface area is 101 Å². The topological polar surface area (TPSA) is 61.3 Å². The predicted octanol–water partition coefficient (Wildman–Crippen LogP) is 1.64. The molecule has 0 saturated carbocycles. The Morgan fingerprint density at radius 3 is 2.59 bits per heavy atom. The Morgan fingerprint density at radius 2 is 1.82 bits per heavy atom. The summed E-state index contributed by atoms with van der Waals surface area (Å²) in [7, 11) is 0. The third-order valence-corrected chi connectivity index (χ3v) is 2.72. The minimum atomic E-state index is -0.0737. The van der Waals surface area contributed by atoms with Crippen molar-refractivity contribution in [3.63, 3.8) is 0 Å². The van der Waals surface area contributed by atoms with E-state index in [-0.39, 0.29) is 6.04 Å². The molecule has 0 saturated heterocycles. The lowest BCUT2D eigenvalue weighted by Gasteiger charge is -2.10. The van der Waals surface area contributed by atoms with Gasteiger partial charge in [0.15, 0.2) is 0 Å². The monoisotopic (exact) mass is 230 g/mol. The molecule has 3 heteroatoms. The molecule has 17 heavy (non-hydrogen) atoms. The number of hydrogen-bond donors (Lipinski definition) is 2. The minimum absolute atomic E-state index is 0.0737. The lowest BCUT2D eigenvalue weighted by molar-refractivity contribution is 0.109. The summed E-state index contributed by atoms with van der Waals surface area (Å²) in [5.74, 6) is 0. The quantitative estimate of drug-likeness (QED) is 0.821. The number of benzene rings is 2. The number of hydrogen-bond acceptors (Lipinski definition) is 3. The van der Waals surface area contributed by atoms with Gasteiger partial charge in [-0.2, -0.15) is 0 Å². The standard InChI is InChI=1S/C14H18N2O/c15-8-14(16)10-17-9-11-5-6-12-3-1-2-4-13(12)7-11/h1-7,14H,8-10,15-16H2. The maximum Gasteiger partial charge on any atom is 0.0717 e. The summed E-state index contributed by atoms with van der Waals surface area (Å²) >= 11 is 0. The van der Waals surface area contributed by atoms with Gasteiger partial charge < -0.3 is 16.2 Å². The van der Waals surface area contributed by atoms with E-state index in [1.165, 1.54) is 10.8 Å². The van der Waals surface area contributed by atoms with Crippen LogP contribution in [0.3, 0.4) is 0 Å². The van der Waals surface area contributed by atoms with E-state index < -0.39 is 0 Å². The maximum atomic E-state index is 5.68. The van der Waals surface area contributed by atoms with Gasteiger partial charge in [0, 0.05) is 12.6 Å². The molecule has 0 aliphatic rings. The number of fused-ring (bicyclic) bond motifs is 1. The van der Waals surface area contributed by atoms with Crippen LogP contribution >= 0.6 is 0 Å². The number of nitrogens with two attached hydrogens (primary N) is 2. The van der Waals surface area contributed by atoms with E-state index in [1.807, 2.05) is 12.1 Å². The first kappa shape index (κ1) is 12.0. The van der Waals surface area contributed by atoms with Crippen LogP contribution in [0.2, 0.25) is 0 Å². The van der Waals surface area contributed by atoms with Gasteiger partial charge in [-0.3, -0.25) is 0 Å². The molecule has 2 aromatic rings. The van der Waals surface area contributed by atoms with Crippen LogP contribution in [0.1, 0.15) is 5.56 Å². The lowest BCUT2D eigenvalue weighted by Crippen LogP contribution is -2.34. The second-order valence-corrected chi connectivity index (χ2v) is 4.19. The molecule has 2 rings (SSSR count). The fourth-order valence-electron chi connectivity index (χ4n) is 1.72. The Hall–Kier alpha value is -1.42. The van der Waals surface area contributed by atoms with Crippen molar-refractivity contribution in [3.8, 4) is 0 Å². The molecule has 0 amide bonds. The fraction of sp³-hybridized carbons (Fsp3) is 0.286. The Balaban J connectivity index is 1.99. The van der Waals surface area contributed by atoms with E-state index in [0.29, 0.717) is 19.8 Å². The molecule has 0 spiro atoms. The summed E-state index contributed by atoms with van der Waals surface area (Å²) in [5.41, 5.74) is 12.3. The summed E-state index contributed by atoms with van der Waals surface area (Å²) in [6.07, 6.45) is 0. The number of ether oxygens (including phenoxy) is 1. The maximum absolute atomic E-state index is 5.68. The molecule has 0 aliphatic carbocycles. The van der Waals surface area contributed by atoms with E-state index in [0.717, 1.165) is 5.56 Å². The molecule has 2 aromatic carbocycles. The van der Waals surface area contributed by atoms with Crippen molar-refractivity contribution in [3.05, 3.63) is 48.0 Å². The van der Waals surface area contributed by atoms with Crippen LogP contribution in [0.4, 0.5) is 0 Å². The zero-order valence-electron chi connectivity index (χ0n) is 9.80. The summed E-state index contributed by atoms with van der Waals surface area (Å²) in [4.78, 5) is 0. The summed E-state index contributed by atoms with van der Waals surface area (Å²) in [5, 5.41) is 2.48. The highest BCUT2D eigenvalue weighted by Crippen LogP contribution is 2.16. The molecule has 0 aromatic heterocycles. The average Bonchev–Trinajstić information content (AvgIpc) is 2.38. The second-order valence-electron chi connectivity index (χ2n) is 4.19. The van der Waals surface area contributed by atoms with E-state index in [4.69, 9.17) is 16.2 Å². The first-order chi connectivity index (χ1) is 8.29. The van der Waals surface area contributed by atoms with E-state index in [1.54, 1.807) is 0 Å². The molecule has 4 N–H and O–H groups in total. The second kappa shape index (κ2) is 5.77. The molecule has 0 heterocycles. The van der Waals surface area contributed by atoms with Crippen LogP contribution in [-0.2, 0) is 11.3 Å². The van der Waals surface area contributed by atoms with Crippen molar-refractivity contribution in [2.45, 2.75) is 12.6 Å². The van der Waals surface area contributed by atoms with Gasteiger partial charge in [0.1, 0.15) is 0 Å². The van der Waals surface area contributed by atoms with Gasteiger partial charge in [-0.05, 0) is 22.4 Å². The van der Waals surface area contributed by atoms with Gasteiger partial charge >= 0.3 is 0 Å². The minimum Gasteiger partial charge on any atom is -0.375 e. The van der Waals surface area contributed by atoms with Crippen LogP contribution in [0.15, 0.2) is 42.5 Å². The highest BCUT2D eigenvalue weighted by Gasteiger charge is 2.00. The smallest absolute Gasteiger partial charge is 0.0717 e. The Morgan fingerprint density at radius 1 is 1.06 bits per heavy atom. The molecule has 1 atom stereocenters. The third kappa shape index (κ3) is 3.27. The molecule has 0 bridgehead atoms. The molecule has 0 fully saturated rings. The summed E-state index contributed by atoms with van der Waals surface area (Å²) in [6, 6.07) is 14.5. The Bertz CT molecular complexity index is 484. The highest BCUT2D eigenvalue weighted by molar-refractivity contribution is 5.82. The fourth-order valence-corrected chi connectivity index (χ4v) is 1.72. The lowest BCUT2D eigenvalue weighted by atomic mass is 10.1. The van der Waals surface area contributed by atoms with Gasteiger partial charge in [-0.15, -0.1) is 0 Å². The summed E-state index contributed by atoms with van der Waals surface area (Å²) < 4.78 is 5.52. The van der Waals surface area contributed by atoms with Gasteiger partial charge in [0.25, 0.3) is 0 Å². The van der Waals surface area contributed by atoms with Crippen molar-refractivity contribution in [2.75, 3.05) is 13.2 Å². The molecular formula is C14H18N2O. The van der Waals surface area contributed by atoms with Crippen molar-refractivity contribution in [2.24, 2.45) is 11.5 Å². The van der Waals surface area contributed by atoms with Crippen molar-refractivity contribution in [1.82, 2.24) is 0 Å². The molecule has 0 radical (unpaired) electrons. The summed E-state index contributed by atoms with van der Waals surface area (Å²) in [6.45, 7) is 1.54. The first-order valence-electron chi connectivity index (χ1n) is 5.80. The predicted molar refractivity (Wildman–Crippen MR) is 70.6 cm³/mol. The zero-order chi connectivity index (χ0) is 12.1. The van der Waals surface area contributed by atoms with Crippen LogP contribution < -0.4 is 11.5 Å². The normalized spacial score (nSPS) is 12.8. The van der Waals surface area contributed by atoms with Crippen LogP contribution in [0, 0.1) is 0 Å².